The number of hydrogen-bond acceptors (Lipinski definition) is 1. The summed E-state index contributed by atoms with van der Waals surface area (Å²) in [6.07, 6.45) is 10.2. The summed E-state index contributed by atoms with van der Waals surface area (Å²) in [5.74, 6) is 0. The largest absolute Gasteiger partial charge is 0.370 e. The van der Waals surface area contributed by atoms with Crippen LogP contribution in [0.2, 0.25) is 0 Å². The third-order valence-electron chi connectivity index (χ3n) is 4.33. The molecule has 1 saturated carbocycles. The topological polar surface area (TPSA) is 30.3 Å². The van der Waals surface area contributed by atoms with Gasteiger partial charge in [-0.05, 0) is 25.7 Å². The molecule has 1 aliphatic carbocycles. The molecule has 3 nitrogen and oxygen atoms in total. The number of nitrogens with one attached hydrogen (secondary N) is 1. The van der Waals surface area contributed by atoms with Crippen LogP contribution in [0, 0.1) is 0 Å². The van der Waals surface area contributed by atoms with E-state index in [9.17, 15) is 0 Å². The van der Waals surface area contributed by atoms with Crippen molar-refractivity contribution in [1.82, 2.24) is 0 Å². The summed E-state index contributed by atoms with van der Waals surface area (Å²) >= 11 is 0. The number of ether oxygens (including phenoxy) is 1. The van der Waals surface area contributed by atoms with Gasteiger partial charge in [0, 0.05) is 6.42 Å². The first-order valence-corrected chi connectivity index (χ1v) is 7.70. The van der Waals surface area contributed by atoms with Crippen molar-refractivity contribution in [3.05, 3.63) is 0 Å². The molecule has 0 aromatic heterocycles. The first kappa shape index (κ1) is 13.3. The Kier molecular flexibility index (Phi) is 6.32. The molecule has 2 fully saturated rings. The van der Waals surface area contributed by atoms with Crippen LogP contribution in [0.4, 0.5) is 0 Å². The van der Waals surface area contributed by atoms with Crippen LogP contribution in [0.3, 0.4) is 0 Å². The SMILES string of the molecule is C1CCCC([NH2+]CCC[NH+]2CCOCC2)CC1. The van der Waals surface area contributed by atoms with Gasteiger partial charge in [-0.25, -0.2) is 0 Å². The second kappa shape index (κ2) is 8.06. The van der Waals surface area contributed by atoms with Gasteiger partial charge >= 0.3 is 0 Å². The molecular formula is C14H30N2O+2. The standard InChI is InChI=1S/C14H28N2O/c1-2-4-7-14(6-3-1)15-8-5-9-16-10-12-17-13-11-16/h14-15H,1-13H2/p+2. The highest BCUT2D eigenvalue weighted by Gasteiger charge is 2.16. The molecule has 0 bridgehead atoms. The van der Waals surface area contributed by atoms with Crippen LogP contribution in [0.5, 0.6) is 0 Å². The first-order valence-electron chi connectivity index (χ1n) is 7.70. The molecule has 100 valence electrons. The Hall–Kier alpha value is -0.120. The van der Waals surface area contributed by atoms with Gasteiger partial charge in [0.25, 0.3) is 0 Å². The minimum absolute atomic E-state index is 0.942. The second-order valence-corrected chi connectivity index (χ2v) is 5.74. The highest BCUT2D eigenvalue weighted by atomic mass is 16.5. The minimum atomic E-state index is 0.942. The maximum atomic E-state index is 5.39. The lowest BCUT2D eigenvalue weighted by atomic mass is 10.1. The molecule has 2 aliphatic rings. The maximum Gasteiger partial charge on any atom is 0.101 e. The number of nitrogens with two attached hydrogens (primary N) is 1. The van der Waals surface area contributed by atoms with E-state index in [0.29, 0.717) is 0 Å². The smallest absolute Gasteiger partial charge is 0.101 e. The van der Waals surface area contributed by atoms with E-state index in [-0.39, 0.29) is 0 Å². The van der Waals surface area contributed by atoms with E-state index >= 15 is 0 Å². The fraction of sp³-hybridized carbons (Fsp3) is 1.00. The Morgan fingerprint density at radius 2 is 1.71 bits per heavy atom. The molecule has 0 unspecified atom stereocenters. The van der Waals surface area contributed by atoms with Crippen molar-refractivity contribution in [2.24, 2.45) is 0 Å². The van der Waals surface area contributed by atoms with Crippen molar-refractivity contribution in [2.45, 2.75) is 51.0 Å². The third kappa shape index (κ3) is 5.36. The van der Waals surface area contributed by atoms with Crippen molar-refractivity contribution in [3.8, 4) is 0 Å². The van der Waals surface area contributed by atoms with Gasteiger partial charge in [-0.2, -0.15) is 0 Å². The Labute approximate surface area is 106 Å². The van der Waals surface area contributed by atoms with E-state index in [0.717, 1.165) is 19.3 Å². The molecule has 1 aliphatic heterocycles. The minimum Gasteiger partial charge on any atom is -0.370 e. The summed E-state index contributed by atoms with van der Waals surface area (Å²) in [5, 5.41) is 2.63. The highest BCUT2D eigenvalue weighted by Crippen LogP contribution is 2.14. The van der Waals surface area contributed by atoms with Crippen LogP contribution < -0.4 is 10.2 Å². The van der Waals surface area contributed by atoms with Gasteiger partial charge in [0.05, 0.1) is 32.3 Å². The van der Waals surface area contributed by atoms with E-state index in [4.69, 9.17) is 4.74 Å². The summed E-state index contributed by atoms with van der Waals surface area (Å²) in [5.41, 5.74) is 0. The Balaban J connectivity index is 1.49. The highest BCUT2D eigenvalue weighted by molar-refractivity contribution is 4.61. The lowest BCUT2D eigenvalue weighted by molar-refractivity contribution is -0.909. The molecule has 1 saturated heterocycles. The Morgan fingerprint density at radius 3 is 2.41 bits per heavy atom. The van der Waals surface area contributed by atoms with Gasteiger partial charge < -0.3 is 15.0 Å². The first-order chi connectivity index (χ1) is 8.45. The van der Waals surface area contributed by atoms with Crippen LogP contribution in [0.15, 0.2) is 0 Å². The normalized spacial score (nSPS) is 24.7. The second-order valence-electron chi connectivity index (χ2n) is 5.74. The van der Waals surface area contributed by atoms with Crippen LogP contribution in [0.25, 0.3) is 0 Å². The predicted octanol–water partition coefficient (Wildman–Crippen LogP) is -0.422. The van der Waals surface area contributed by atoms with Crippen LogP contribution in [-0.4, -0.2) is 45.4 Å². The van der Waals surface area contributed by atoms with Crippen LogP contribution in [-0.2, 0) is 4.74 Å². The summed E-state index contributed by atoms with van der Waals surface area (Å²) < 4.78 is 5.39. The lowest BCUT2D eigenvalue weighted by Crippen LogP contribution is -3.14. The van der Waals surface area contributed by atoms with Crippen molar-refractivity contribution in [2.75, 3.05) is 39.4 Å². The molecular weight excluding hydrogens is 212 g/mol. The van der Waals surface area contributed by atoms with E-state index in [1.54, 1.807) is 4.90 Å². The quantitative estimate of drug-likeness (QED) is 0.498. The maximum absolute atomic E-state index is 5.39. The van der Waals surface area contributed by atoms with E-state index in [2.05, 4.69) is 5.32 Å². The van der Waals surface area contributed by atoms with Crippen molar-refractivity contribution in [3.63, 3.8) is 0 Å². The summed E-state index contributed by atoms with van der Waals surface area (Å²) in [6, 6.07) is 0.942. The lowest BCUT2D eigenvalue weighted by Gasteiger charge is -2.23. The Morgan fingerprint density at radius 1 is 1.00 bits per heavy atom. The predicted molar refractivity (Wildman–Crippen MR) is 69.3 cm³/mol. The molecule has 3 heteroatoms. The van der Waals surface area contributed by atoms with E-state index < -0.39 is 0 Å². The molecule has 0 radical (unpaired) electrons. The van der Waals surface area contributed by atoms with Gasteiger partial charge in [-0.3, -0.25) is 0 Å². The molecule has 1 heterocycles. The fourth-order valence-corrected chi connectivity index (χ4v) is 3.16. The van der Waals surface area contributed by atoms with E-state index in [1.165, 1.54) is 71.1 Å². The monoisotopic (exact) mass is 242 g/mol. The Bertz CT molecular complexity index is 185. The van der Waals surface area contributed by atoms with Gasteiger partial charge in [-0.15, -0.1) is 0 Å². The van der Waals surface area contributed by atoms with Crippen molar-refractivity contribution >= 4 is 0 Å². The molecule has 0 spiro atoms. The van der Waals surface area contributed by atoms with Crippen LogP contribution in [0.1, 0.15) is 44.9 Å². The third-order valence-corrected chi connectivity index (χ3v) is 4.33. The number of quaternary nitrogens is 2. The van der Waals surface area contributed by atoms with Gasteiger partial charge in [-0.1, -0.05) is 12.8 Å². The number of morpholine rings is 1. The summed E-state index contributed by atoms with van der Waals surface area (Å²) in [4.78, 5) is 1.76. The van der Waals surface area contributed by atoms with Crippen LogP contribution >= 0.6 is 0 Å². The molecule has 0 atom stereocenters. The average Bonchev–Trinajstić information content (AvgIpc) is 2.65. The van der Waals surface area contributed by atoms with E-state index in [1.807, 2.05) is 0 Å². The molecule has 0 aromatic rings. The molecule has 0 amide bonds. The summed E-state index contributed by atoms with van der Waals surface area (Å²) in [7, 11) is 0. The zero-order chi connectivity index (χ0) is 11.8. The molecule has 2 rings (SSSR count). The van der Waals surface area contributed by atoms with Gasteiger partial charge in [0.15, 0.2) is 0 Å². The molecule has 17 heavy (non-hydrogen) atoms. The van der Waals surface area contributed by atoms with Gasteiger partial charge in [0.2, 0.25) is 0 Å². The van der Waals surface area contributed by atoms with Gasteiger partial charge in [0.1, 0.15) is 13.1 Å². The average molecular weight is 242 g/mol. The van der Waals surface area contributed by atoms with Crippen molar-refractivity contribution in [1.29, 1.82) is 0 Å². The summed E-state index contributed by atoms with van der Waals surface area (Å²) in [6.45, 7) is 7.10. The fourth-order valence-electron chi connectivity index (χ4n) is 3.16. The zero-order valence-corrected chi connectivity index (χ0v) is 11.3. The zero-order valence-electron chi connectivity index (χ0n) is 11.3. The molecule has 3 N–H and O–H groups in total. The van der Waals surface area contributed by atoms with Crippen molar-refractivity contribution < 1.29 is 15.0 Å². The number of rotatable bonds is 5. The molecule has 0 aromatic carbocycles. The number of hydrogen-bond donors (Lipinski definition) is 2.